The Labute approximate surface area is 197 Å². The van der Waals surface area contributed by atoms with Crippen LogP contribution in [0, 0.1) is 0 Å². The molecule has 0 aliphatic carbocycles. The third kappa shape index (κ3) is 6.07. The number of halogens is 1. The number of benzene rings is 2. The Morgan fingerprint density at radius 1 is 1.16 bits per heavy atom. The first-order valence-corrected chi connectivity index (χ1v) is 11.8. The second-order valence-electron chi connectivity index (χ2n) is 7.85. The molecular formula is C24H27ClN4O2S. The van der Waals surface area contributed by atoms with Crippen LogP contribution in [0.15, 0.2) is 54.7 Å². The van der Waals surface area contributed by atoms with Crippen LogP contribution < -0.4 is 10.2 Å². The van der Waals surface area contributed by atoms with E-state index in [4.69, 9.17) is 16.3 Å². The number of aromatic nitrogens is 1. The molecule has 0 saturated carbocycles. The van der Waals surface area contributed by atoms with Crippen LogP contribution in [0.2, 0.25) is 5.02 Å². The summed E-state index contributed by atoms with van der Waals surface area (Å²) in [4.78, 5) is 22.4. The monoisotopic (exact) mass is 470 g/mol. The van der Waals surface area contributed by atoms with Gasteiger partial charge in [-0.05, 0) is 30.3 Å². The normalized spacial score (nSPS) is 14.0. The molecule has 0 radical (unpaired) electrons. The fraction of sp³-hybridized carbons (Fsp3) is 0.333. The van der Waals surface area contributed by atoms with Gasteiger partial charge in [0.15, 0.2) is 5.13 Å². The summed E-state index contributed by atoms with van der Waals surface area (Å²) in [6, 6.07) is 16.1. The number of anilines is 2. The van der Waals surface area contributed by atoms with Gasteiger partial charge in [-0.25, -0.2) is 4.98 Å². The highest BCUT2D eigenvalue weighted by molar-refractivity contribution is 7.15. The van der Waals surface area contributed by atoms with E-state index in [9.17, 15) is 4.79 Å². The number of carbonyl (C=O) groups excluding carboxylic acids is 1. The van der Waals surface area contributed by atoms with E-state index in [1.165, 1.54) is 22.6 Å². The summed E-state index contributed by atoms with van der Waals surface area (Å²) in [5.74, 6) is -0.0741. The van der Waals surface area contributed by atoms with Gasteiger partial charge in [0.25, 0.3) is 0 Å². The molecule has 2 heterocycles. The van der Waals surface area contributed by atoms with Crippen molar-refractivity contribution in [3.8, 4) is 0 Å². The van der Waals surface area contributed by atoms with Crippen molar-refractivity contribution in [3.63, 3.8) is 0 Å². The number of para-hydroxylation sites is 1. The highest BCUT2D eigenvalue weighted by atomic mass is 35.5. The summed E-state index contributed by atoms with van der Waals surface area (Å²) in [7, 11) is 1.96. The van der Waals surface area contributed by atoms with Crippen LogP contribution in [0.3, 0.4) is 0 Å². The van der Waals surface area contributed by atoms with Crippen LogP contribution in [0.1, 0.15) is 16.0 Å². The first-order chi connectivity index (χ1) is 15.6. The minimum atomic E-state index is -0.0741. The molecule has 0 bridgehead atoms. The Morgan fingerprint density at radius 2 is 1.88 bits per heavy atom. The third-order valence-electron chi connectivity index (χ3n) is 5.32. The zero-order valence-corrected chi connectivity index (χ0v) is 19.7. The van der Waals surface area contributed by atoms with E-state index in [0.717, 1.165) is 41.8 Å². The van der Waals surface area contributed by atoms with E-state index in [0.29, 0.717) is 18.1 Å². The maximum absolute atomic E-state index is 12.6. The smallest absolute Gasteiger partial charge is 0.240 e. The minimum absolute atomic E-state index is 0.0741. The fourth-order valence-electron chi connectivity index (χ4n) is 3.78. The Kier molecular flexibility index (Phi) is 7.76. The minimum Gasteiger partial charge on any atom is -0.378 e. The number of nitrogens with zero attached hydrogens (tertiary/aromatic N) is 3. The van der Waals surface area contributed by atoms with Crippen molar-refractivity contribution in [2.24, 2.45) is 0 Å². The van der Waals surface area contributed by atoms with E-state index in [1.54, 1.807) is 6.20 Å². The third-order valence-corrected chi connectivity index (χ3v) is 6.60. The van der Waals surface area contributed by atoms with E-state index in [-0.39, 0.29) is 12.5 Å². The largest absolute Gasteiger partial charge is 0.378 e. The predicted octanol–water partition coefficient (Wildman–Crippen LogP) is 4.29. The second kappa shape index (κ2) is 10.9. The Hall–Kier alpha value is -2.45. The molecular weight excluding hydrogens is 444 g/mol. The first kappa shape index (κ1) is 22.7. The number of carbonyl (C=O) groups is 1. The maximum Gasteiger partial charge on any atom is 0.240 e. The predicted molar refractivity (Wildman–Crippen MR) is 131 cm³/mol. The molecule has 1 fully saturated rings. The molecule has 0 spiro atoms. The van der Waals surface area contributed by atoms with Gasteiger partial charge in [-0.3, -0.25) is 9.69 Å². The molecule has 1 aromatic heterocycles. The molecule has 1 amide bonds. The van der Waals surface area contributed by atoms with Crippen LogP contribution in [-0.2, 0) is 22.5 Å². The van der Waals surface area contributed by atoms with E-state index >= 15 is 0 Å². The highest BCUT2D eigenvalue weighted by Gasteiger charge is 2.16. The Balaban J connectivity index is 1.31. The maximum atomic E-state index is 12.6. The lowest BCUT2D eigenvalue weighted by molar-refractivity contribution is -0.117. The van der Waals surface area contributed by atoms with E-state index in [2.05, 4.69) is 33.4 Å². The topological polar surface area (TPSA) is 57.7 Å². The number of rotatable bonds is 8. The fourth-order valence-corrected chi connectivity index (χ4v) is 4.84. The molecule has 4 rings (SSSR count). The molecule has 8 heteroatoms. The molecule has 1 aliphatic heterocycles. The van der Waals surface area contributed by atoms with Gasteiger partial charge in [-0.1, -0.05) is 48.0 Å². The van der Waals surface area contributed by atoms with Crippen LogP contribution in [0.5, 0.6) is 0 Å². The standard InChI is InChI=1S/C24H27ClN4O2S/c1-28(16-19-7-3-5-9-22(19)29-10-12-31-13-11-29)17-23(30)27-24-26-15-20(32-24)14-18-6-2-4-8-21(18)25/h2-9,15H,10-14,16-17H2,1H3,(H,26,27,30). The van der Waals surface area contributed by atoms with Crippen molar-refractivity contribution in [2.45, 2.75) is 13.0 Å². The number of nitrogens with one attached hydrogen (secondary N) is 1. The van der Waals surface area contributed by atoms with Gasteiger partial charge >= 0.3 is 0 Å². The lowest BCUT2D eigenvalue weighted by atomic mass is 10.1. The summed E-state index contributed by atoms with van der Waals surface area (Å²) < 4.78 is 5.48. The molecule has 1 N–H and O–H groups in total. The average Bonchev–Trinajstić information content (AvgIpc) is 3.22. The molecule has 0 atom stereocenters. The number of amides is 1. The van der Waals surface area contributed by atoms with Crippen molar-refractivity contribution in [2.75, 3.05) is 50.1 Å². The van der Waals surface area contributed by atoms with Gasteiger partial charge in [0.1, 0.15) is 0 Å². The summed E-state index contributed by atoms with van der Waals surface area (Å²) >= 11 is 7.73. The van der Waals surface area contributed by atoms with Crippen molar-refractivity contribution in [3.05, 3.63) is 75.8 Å². The number of likely N-dealkylation sites (N-methyl/N-ethyl adjacent to an activating group) is 1. The van der Waals surface area contributed by atoms with Gasteiger partial charge in [-0.2, -0.15) is 0 Å². The lowest BCUT2D eigenvalue weighted by Crippen LogP contribution is -2.37. The van der Waals surface area contributed by atoms with Crippen LogP contribution in [0.4, 0.5) is 10.8 Å². The van der Waals surface area contributed by atoms with Crippen molar-refractivity contribution >= 4 is 39.7 Å². The molecule has 2 aromatic carbocycles. The van der Waals surface area contributed by atoms with Gasteiger partial charge in [-0.15, -0.1) is 11.3 Å². The first-order valence-electron chi connectivity index (χ1n) is 10.7. The quantitative estimate of drug-likeness (QED) is 0.532. The van der Waals surface area contributed by atoms with Crippen molar-refractivity contribution in [1.82, 2.24) is 9.88 Å². The average molecular weight is 471 g/mol. The van der Waals surface area contributed by atoms with Crippen LogP contribution in [0.25, 0.3) is 0 Å². The molecule has 1 saturated heterocycles. The van der Waals surface area contributed by atoms with Gasteiger partial charge in [0, 0.05) is 47.8 Å². The molecule has 3 aromatic rings. The Bertz CT molecular complexity index is 1050. The van der Waals surface area contributed by atoms with Gasteiger partial charge in [0.05, 0.1) is 19.8 Å². The van der Waals surface area contributed by atoms with Gasteiger partial charge in [0.2, 0.25) is 5.91 Å². The zero-order chi connectivity index (χ0) is 22.3. The number of ether oxygens (including phenoxy) is 1. The summed E-state index contributed by atoms with van der Waals surface area (Å²) in [5.41, 5.74) is 3.47. The van der Waals surface area contributed by atoms with Crippen LogP contribution >= 0.6 is 22.9 Å². The highest BCUT2D eigenvalue weighted by Crippen LogP contribution is 2.25. The SMILES string of the molecule is CN(CC(=O)Nc1ncc(Cc2ccccc2Cl)s1)Cc1ccccc1N1CCOCC1. The summed E-state index contributed by atoms with van der Waals surface area (Å²) in [5, 5.41) is 4.28. The Morgan fingerprint density at radius 3 is 2.66 bits per heavy atom. The zero-order valence-electron chi connectivity index (χ0n) is 18.1. The molecule has 6 nitrogen and oxygen atoms in total. The van der Waals surface area contributed by atoms with Crippen LogP contribution in [-0.4, -0.2) is 55.7 Å². The van der Waals surface area contributed by atoms with Crippen molar-refractivity contribution in [1.29, 1.82) is 0 Å². The summed E-state index contributed by atoms with van der Waals surface area (Å²) in [6.07, 6.45) is 2.50. The summed E-state index contributed by atoms with van der Waals surface area (Å²) in [6.45, 7) is 4.26. The number of thiazole rings is 1. The molecule has 1 aliphatic rings. The number of hydrogen-bond donors (Lipinski definition) is 1. The van der Waals surface area contributed by atoms with Gasteiger partial charge < -0.3 is 15.0 Å². The lowest BCUT2D eigenvalue weighted by Gasteiger charge is -2.31. The molecule has 32 heavy (non-hydrogen) atoms. The van der Waals surface area contributed by atoms with Crippen molar-refractivity contribution < 1.29 is 9.53 Å². The van der Waals surface area contributed by atoms with E-state index < -0.39 is 0 Å². The molecule has 0 unspecified atom stereocenters. The number of morpholine rings is 1. The van der Waals surface area contributed by atoms with E-state index in [1.807, 2.05) is 42.3 Å². The second-order valence-corrected chi connectivity index (χ2v) is 9.37. The number of hydrogen-bond acceptors (Lipinski definition) is 6. The molecule has 168 valence electrons.